The van der Waals surface area contributed by atoms with Crippen molar-refractivity contribution in [2.45, 2.75) is 44.5 Å². The zero-order valence-corrected chi connectivity index (χ0v) is 16.5. The molecule has 7 heteroatoms. The Hall–Kier alpha value is -2.25. The molecule has 1 amide bonds. The van der Waals surface area contributed by atoms with Crippen molar-refractivity contribution in [1.29, 1.82) is 0 Å². The van der Waals surface area contributed by atoms with Crippen molar-refractivity contribution in [3.05, 3.63) is 29.8 Å². The van der Waals surface area contributed by atoms with Crippen molar-refractivity contribution in [3.63, 3.8) is 0 Å². The van der Waals surface area contributed by atoms with E-state index in [2.05, 4.69) is 6.58 Å². The summed E-state index contributed by atoms with van der Waals surface area (Å²) < 4.78 is 11.3. The Kier molecular flexibility index (Phi) is 5.10. The van der Waals surface area contributed by atoms with Crippen LogP contribution in [0.15, 0.2) is 24.3 Å². The fraction of sp³-hybridized carbons (Fsp3) is 0.550. The van der Waals surface area contributed by atoms with Crippen molar-refractivity contribution in [3.8, 4) is 11.5 Å². The Morgan fingerprint density at radius 1 is 1.37 bits per heavy atom. The second-order valence-electron chi connectivity index (χ2n) is 8.09. The third-order valence-electron chi connectivity index (χ3n) is 5.19. The number of nitrogens with zero attached hydrogens (tertiary/aromatic N) is 2. The summed E-state index contributed by atoms with van der Waals surface area (Å²) in [5, 5.41) is 10.8. The molecule has 1 aromatic rings. The van der Waals surface area contributed by atoms with Gasteiger partial charge in [-0.05, 0) is 32.8 Å². The van der Waals surface area contributed by atoms with Gasteiger partial charge in [0.2, 0.25) is 0 Å². The van der Waals surface area contributed by atoms with Gasteiger partial charge in [-0.3, -0.25) is 4.79 Å². The highest BCUT2D eigenvalue weighted by molar-refractivity contribution is 6.02. The molecule has 1 aromatic carbocycles. The molecule has 148 valence electrons. The Morgan fingerprint density at radius 3 is 2.70 bits per heavy atom. The number of nitrogens with two attached hydrogens (primary N) is 1. The fourth-order valence-corrected chi connectivity index (χ4v) is 3.58. The van der Waals surface area contributed by atoms with Crippen LogP contribution in [0.1, 0.15) is 37.0 Å². The van der Waals surface area contributed by atoms with E-state index in [0.717, 1.165) is 5.57 Å². The fourth-order valence-electron chi connectivity index (χ4n) is 3.58. The minimum atomic E-state index is -0.821. The van der Waals surface area contributed by atoms with E-state index in [1.807, 2.05) is 13.8 Å². The molecule has 0 aliphatic carbocycles. The number of aliphatic hydroxyl groups excluding tert-OH is 1. The van der Waals surface area contributed by atoms with Gasteiger partial charge in [0.15, 0.2) is 11.5 Å². The summed E-state index contributed by atoms with van der Waals surface area (Å²) in [7, 11) is 3.32. The quantitative estimate of drug-likeness (QED) is 0.762. The number of methoxy groups -OCH3 is 1. The van der Waals surface area contributed by atoms with Crippen molar-refractivity contribution in [1.82, 2.24) is 4.90 Å². The third kappa shape index (κ3) is 3.75. The number of carbonyl (C=O) groups is 1. The summed E-state index contributed by atoms with van der Waals surface area (Å²) in [4.78, 5) is 16.5. The van der Waals surface area contributed by atoms with Crippen LogP contribution in [0.2, 0.25) is 0 Å². The highest BCUT2D eigenvalue weighted by atomic mass is 16.5. The monoisotopic (exact) mass is 375 g/mol. The molecule has 1 fully saturated rings. The molecule has 3 rings (SSSR count). The van der Waals surface area contributed by atoms with Gasteiger partial charge in [0.1, 0.15) is 6.23 Å². The zero-order chi connectivity index (χ0) is 19.9. The molecule has 7 nitrogen and oxygen atoms in total. The zero-order valence-electron chi connectivity index (χ0n) is 16.5. The first-order chi connectivity index (χ1) is 12.6. The van der Waals surface area contributed by atoms with Crippen LogP contribution in [0, 0.1) is 0 Å². The average molecular weight is 375 g/mol. The van der Waals surface area contributed by atoms with Crippen LogP contribution in [0.4, 0.5) is 5.69 Å². The number of fused-ring (bicyclic) bond motifs is 2. The van der Waals surface area contributed by atoms with Crippen LogP contribution < -0.4 is 20.1 Å². The normalized spacial score (nSPS) is 22.4. The molecule has 3 N–H and O–H groups in total. The molecule has 2 atom stereocenters. The molecule has 1 saturated heterocycles. The minimum Gasteiger partial charge on any atom is -0.493 e. The van der Waals surface area contributed by atoms with Gasteiger partial charge >= 0.3 is 0 Å². The predicted molar refractivity (Wildman–Crippen MR) is 104 cm³/mol. The molecule has 27 heavy (non-hydrogen) atoms. The van der Waals surface area contributed by atoms with Gasteiger partial charge < -0.3 is 30.1 Å². The number of aliphatic hydroxyl groups is 1. The molecule has 2 aliphatic rings. The third-order valence-corrected chi connectivity index (χ3v) is 5.19. The number of ether oxygens (including phenoxy) is 2. The SMILES string of the molecule is C=C1C[C@H]2[C@H](O)N(C)c3cc(OCCC(C)(C)N)c(OC)cc3C(=O)N2C1. The molecule has 0 bridgehead atoms. The first-order valence-corrected chi connectivity index (χ1v) is 9.14. The Labute approximate surface area is 160 Å². The van der Waals surface area contributed by atoms with Crippen LogP contribution in [0.25, 0.3) is 0 Å². The number of rotatable bonds is 5. The highest BCUT2D eigenvalue weighted by Gasteiger charge is 2.42. The summed E-state index contributed by atoms with van der Waals surface area (Å²) in [5.41, 5.74) is 7.72. The van der Waals surface area contributed by atoms with E-state index in [0.29, 0.717) is 48.7 Å². The summed E-state index contributed by atoms with van der Waals surface area (Å²) in [5.74, 6) is 0.875. The second-order valence-corrected chi connectivity index (χ2v) is 8.09. The van der Waals surface area contributed by atoms with E-state index in [1.54, 1.807) is 36.1 Å². The van der Waals surface area contributed by atoms with Gasteiger partial charge in [-0.1, -0.05) is 12.2 Å². The van der Waals surface area contributed by atoms with Gasteiger partial charge in [0.05, 0.1) is 31.0 Å². The predicted octanol–water partition coefficient (Wildman–Crippen LogP) is 1.74. The maximum absolute atomic E-state index is 13.1. The largest absolute Gasteiger partial charge is 0.493 e. The summed E-state index contributed by atoms with van der Waals surface area (Å²) in [6.07, 6.45) is 0.443. The van der Waals surface area contributed by atoms with Crippen LogP contribution in [0.3, 0.4) is 0 Å². The van der Waals surface area contributed by atoms with Gasteiger partial charge in [0.25, 0.3) is 5.91 Å². The number of anilines is 1. The molecular weight excluding hydrogens is 346 g/mol. The van der Waals surface area contributed by atoms with Crippen LogP contribution in [-0.2, 0) is 0 Å². The highest BCUT2D eigenvalue weighted by Crippen LogP contribution is 2.40. The lowest BCUT2D eigenvalue weighted by Gasteiger charge is -2.30. The van der Waals surface area contributed by atoms with Crippen LogP contribution in [-0.4, -0.2) is 61.0 Å². The van der Waals surface area contributed by atoms with E-state index in [1.165, 1.54) is 0 Å². The van der Waals surface area contributed by atoms with E-state index < -0.39 is 6.23 Å². The standard InChI is InChI=1S/C20H29N3O4/c1-12-8-15-19(25)22(4)14-10-17(27-7-6-20(2,3)21)16(26-5)9-13(14)18(24)23(15)11-12/h9-10,15,19,25H,1,6-8,11,21H2,2-5H3/t15-,19-/m0/s1. The summed E-state index contributed by atoms with van der Waals surface area (Å²) in [6.45, 7) is 8.74. The van der Waals surface area contributed by atoms with E-state index in [4.69, 9.17) is 15.2 Å². The van der Waals surface area contributed by atoms with Crippen LogP contribution in [0.5, 0.6) is 11.5 Å². The lowest BCUT2D eigenvalue weighted by molar-refractivity contribution is 0.0527. The van der Waals surface area contributed by atoms with E-state index in [-0.39, 0.29) is 17.5 Å². The molecule has 0 unspecified atom stereocenters. The Bertz CT molecular complexity index is 756. The number of amides is 1. The lowest BCUT2D eigenvalue weighted by Crippen LogP contribution is -2.47. The lowest BCUT2D eigenvalue weighted by atomic mass is 10.0. The first kappa shape index (κ1) is 19.5. The maximum atomic E-state index is 13.1. The molecule has 0 spiro atoms. The minimum absolute atomic E-state index is 0.134. The number of hydrogen-bond acceptors (Lipinski definition) is 6. The van der Waals surface area contributed by atoms with Crippen LogP contribution >= 0.6 is 0 Å². The number of carbonyl (C=O) groups excluding carboxylic acids is 1. The molecule has 0 saturated carbocycles. The molecule has 0 radical (unpaired) electrons. The summed E-state index contributed by atoms with van der Waals surface area (Å²) >= 11 is 0. The summed E-state index contributed by atoms with van der Waals surface area (Å²) in [6, 6.07) is 3.14. The van der Waals surface area contributed by atoms with Gasteiger partial charge in [0, 0.05) is 25.2 Å². The molecule has 2 heterocycles. The topological polar surface area (TPSA) is 88.3 Å². The number of benzene rings is 1. The van der Waals surface area contributed by atoms with E-state index >= 15 is 0 Å². The van der Waals surface area contributed by atoms with Crippen molar-refractivity contribution in [2.24, 2.45) is 5.73 Å². The smallest absolute Gasteiger partial charge is 0.256 e. The first-order valence-electron chi connectivity index (χ1n) is 9.14. The van der Waals surface area contributed by atoms with Gasteiger partial charge in [-0.2, -0.15) is 0 Å². The molecule has 0 aromatic heterocycles. The van der Waals surface area contributed by atoms with E-state index in [9.17, 15) is 9.90 Å². The molecule has 2 aliphatic heterocycles. The second kappa shape index (κ2) is 7.05. The maximum Gasteiger partial charge on any atom is 0.256 e. The van der Waals surface area contributed by atoms with Gasteiger partial charge in [-0.25, -0.2) is 0 Å². The van der Waals surface area contributed by atoms with Crippen molar-refractivity contribution >= 4 is 11.6 Å². The molecular formula is C20H29N3O4. The average Bonchev–Trinajstić information content (AvgIpc) is 2.97. The Balaban J connectivity index is 1.97. The number of likely N-dealkylation sites (N-methyl/N-ethyl adjacent to an activating group) is 1. The van der Waals surface area contributed by atoms with Crippen molar-refractivity contribution in [2.75, 3.05) is 32.2 Å². The van der Waals surface area contributed by atoms with Crippen molar-refractivity contribution < 1.29 is 19.4 Å². The number of hydrogen-bond donors (Lipinski definition) is 2. The Morgan fingerprint density at radius 2 is 2.07 bits per heavy atom. The van der Waals surface area contributed by atoms with Gasteiger partial charge in [-0.15, -0.1) is 0 Å².